The predicted molar refractivity (Wildman–Crippen MR) is 82.7 cm³/mol. The number of carbonyl (C=O) groups excluding carboxylic acids is 1. The van der Waals surface area contributed by atoms with Crippen molar-refractivity contribution in [3.8, 4) is 17.5 Å². The van der Waals surface area contributed by atoms with Gasteiger partial charge in [0.25, 0.3) is 5.91 Å². The van der Waals surface area contributed by atoms with Gasteiger partial charge in [-0.25, -0.2) is 4.98 Å². The van der Waals surface area contributed by atoms with Gasteiger partial charge in [-0.05, 0) is 6.42 Å². The second-order valence-electron chi connectivity index (χ2n) is 4.52. The molecule has 1 N–H and O–H groups in total. The second kappa shape index (κ2) is 7.41. The minimum atomic E-state index is -0.0841. The number of aromatic nitrogens is 1. The van der Waals surface area contributed by atoms with E-state index >= 15 is 0 Å². The first kappa shape index (κ1) is 15.0. The number of rotatable bonds is 6. The standard InChI is InChI=1S/C15H16N4OS/c1-19(9-5-8-17-11-16)15(20)14-18-13(10-21-14)12-6-3-2-4-7-12/h2-4,6-7,10,17H,5,8-9H2,1H3. The highest BCUT2D eigenvalue weighted by Gasteiger charge is 2.16. The van der Waals surface area contributed by atoms with Crippen molar-refractivity contribution in [3.63, 3.8) is 0 Å². The summed E-state index contributed by atoms with van der Waals surface area (Å²) >= 11 is 1.35. The van der Waals surface area contributed by atoms with Crippen LogP contribution in [-0.2, 0) is 0 Å². The Morgan fingerprint density at radius 2 is 2.19 bits per heavy atom. The highest BCUT2D eigenvalue weighted by atomic mass is 32.1. The lowest BCUT2D eigenvalue weighted by Crippen LogP contribution is -2.29. The zero-order valence-corrected chi connectivity index (χ0v) is 12.6. The molecule has 1 amide bonds. The first-order chi connectivity index (χ1) is 10.2. The average molecular weight is 300 g/mol. The van der Waals surface area contributed by atoms with Gasteiger partial charge in [0, 0.05) is 31.1 Å². The second-order valence-corrected chi connectivity index (χ2v) is 5.38. The molecule has 2 aromatic rings. The van der Waals surface area contributed by atoms with Crippen molar-refractivity contribution < 1.29 is 4.79 Å². The van der Waals surface area contributed by atoms with E-state index in [2.05, 4.69) is 10.3 Å². The Balaban J connectivity index is 1.97. The van der Waals surface area contributed by atoms with Gasteiger partial charge >= 0.3 is 0 Å². The van der Waals surface area contributed by atoms with Gasteiger partial charge in [0.15, 0.2) is 11.2 Å². The fraction of sp³-hybridized carbons (Fsp3) is 0.267. The van der Waals surface area contributed by atoms with Gasteiger partial charge in [-0.2, -0.15) is 5.26 Å². The molecule has 0 saturated heterocycles. The van der Waals surface area contributed by atoms with Crippen molar-refractivity contribution in [3.05, 3.63) is 40.7 Å². The predicted octanol–water partition coefficient (Wildman–Crippen LogP) is 2.34. The van der Waals surface area contributed by atoms with E-state index in [1.807, 2.05) is 41.9 Å². The number of amides is 1. The maximum atomic E-state index is 12.2. The zero-order valence-electron chi connectivity index (χ0n) is 11.7. The van der Waals surface area contributed by atoms with Crippen LogP contribution >= 0.6 is 11.3 Å². The molecule has 2 rings (SSSR count). The van der Waals surface area contributed by atoms with E-state index in [0.717, 1.165) is 17.7 Å². The van der Waals surface area contributed by atoms with E-state index in [4.69, 9.17) is 5.26 Å². The Bertz CT molecular complexity index is 633. The van der Waals surface area contributed by atoms with Gasteiger partial charge in [0.2, 0.25) is 0 Å². The number of hydrogen-bond acceptors (Lipinski definition) is 5. The Labute approximate surface area is 127 Å². The van der Waals surface area contributed by atoms with Gasteiger partial charge in [-0.1, -0.05) is 30.3 Å². The summed E-state index contributed by atoms with van der Waals surface area (Å²) in [7, 11) is 1.75. The fourth-order valence-electron chi connectivity index (χ4n) is 1.84. The molecule has 108 valence electrons. The molecule has 1 aromatic heterocycles. The largest absolute Gasteiger partial charge is 0.340 e. The Hall–Kier alpha value is -2.39. The molecule has 6 heteroatoms. The van der Waals surface area contributed by atoms with E-state index in [0.29, 0.717) is 18.1 Å². The molecule has 0 saturated carbocycles. The van der Waals surface area contributed by atoms with Gasteiger partial charge in [-0.3, -0.25) is 4.79 Å². The molecule has 0 aliphatic rings. The fourth-order valence-corrected chi connectivity index (χ4v) is 2.66. The lowest BCUT2D eigenvalue weighted by atomic mass is 10.2. The first-order valence-corrected chi connectivity index (χ1v) is 7.48. The molecule has 1 heterocycles. The Morgan fingerprint density at radius 1 is 1.43 bits per heavy atom. The van der Waals surface area contributed by atoms with E-state index in [1.165, 1.54) is 11.3 Å². The van der Waals surface area contributed by atoms with Crippen molar-refractivity contribution in [2.75, 3.05) is 20.1 Å². The average Bonchev–Trinajstić information content (AvgIpc) is 3.01. The summed E-state index contributed by atoms with van der Waals surface area (Å²) in [5.74, 6) is -0.0841. The SMILES string of the molecule is CN(CCCNC#N)C(=O)c1nc(-c2ccccc2)cs1. The van der Waals surface area contributed by atoms with E-state index < -0.39 is 0 Å². The Morgan fingerprint density at radius 3 is 2.90 bits per heavy atom. The highest BCUT2D eigenvalue weighted by molar-refractivity contribution is 7.12. The first-order valence-electron chi connectivity index (χ1n) is 6.60. The molecule has 1 aromatic carbocycles. The third-order valence-corrected chi connectivity index (χ3v) is 3.81. The van der Waals surface area contributed by atoms with Crippen LogP contribution in [-0.4, -0.2) is 35.9 Å². The molecular weight excluding hydrogens is 284 g/mol. The molecule has 0 radical (unpaired) electrons. The topological polar surface area (TPSA) is 69.0 Å². The quantitative estimate of drug-likeness (QED) is 0.505. The normalized spacial score (nSPS) is 9.90. The molecule has 0 bridgehead atoms. The highest BCUT2D eigenvalue weighted by Crippen LogP contribution is 2.22. The summed E-state index contributed by atoms with van der Waals surface area (Å²) in [6.07, 6.45) is 2.59. The van der Waals surface area contributed by atoms with Crippen molar-refractivity contribution >= 4 is 17.2 Å². The van der Waals surface area contributed by atoms with Gasteiger partial charge < -0.3 is 10.2 Å². The van der Waals surface area contributed by atoms with Crippen LogP contribution in [0.15, 0.2) is 35.7 Å². The van der Waals surface area contributed by atoms with Crippen molar-refractivity contribution in [2.45, 2.75) is 6.42 Å². The summed E-state index contributed by atoms with van der Waals surface area (Å²) in [5, 5.41) is 13.3. The Kier molecular flexibility index (Phi) is 5.29. The lowest BCUT2D eigenvalue weighted by Gasteiger charge is -2.14. The number of carbonyl (C=O) groups is 1. The third-order valence-electron chi connectivity index (χ3n) is 2.98. The summed E-state index contributed by atoms with van der Waals surface area (Å²) in [5.41, 5.74) is 1.83. The van der Waals surface area contributed by atoms with Crippen molar-refractivity contribution in [2.24, 2.45) is 0 Å². The maximum Gasteiger partial charge on any atom is 0.282 e. The number of thiazole rings is 1. The molecule has 0 unspecified atom stereocenters. The third kappa shape index (κ3) is 4.04. The van der Waals surface area contributed by atoms with Gasteiger partial charge in [-0.15, -0.1) is 11.3 Å². The maximum absolute atomic E-state index is 12.2. The van der Waals surface area contributed by atoms with Crippen LogP contribution in [0.2, 0.25) is 0 Å². The van der Waals surface area contributed by atoms with Crippen LogP contribution < -0.4 is 5.32 Å². The molecule has 0 atom stereocenters. The molecule has 0 aliphatic carbocycles. The number of nitriles is 1. The molecule has 5 nitrogen and oxygen atoms in total. The van der Waals surface area contributed by atoms with Crippen LogP contribution in [0, 0.1) is 11.5 Å². The summed E-state index contributed by atoms with van der Waals surface area (Å²) in [6, 6.07) is 9.79. The smallest absolute Gasteiger partial charge is 0.282 e. The number of hydrogen-bond donors (Lipinski definition) is 1. The summed E-state index contributed by atoms with van der Waals surface area (Å²) in [6.45, 7) is 1.16. The van der Waals surface area contributed by atoms with Crippen LogP contribution in [0.25, 0.3) is 11.3 Å². The van der Waals surface area contributed by atoms with E-state index in [-0.39, 0.29) is 5.91 Å². The number of benzene rings is 1. The summed E-state index contributed by atoms with van der Waals surface area (Å²) < 4.78 is 0. The van der Waals surface area contributed by atoms with Crippen LogP contribution in [0.3, 0.4) is 0 Å². The molecule has 0 spiro atoms. The number of nitrogens with one attached hydrogen (secondary N) is 1. The summed E-state index contributed by atoms with van der Waals surface area (Å²) in [4.78, 5) is 18.3. The van der Waals surface area contributed by atoms with Crippen LogP contribution in [0.4, 0.5) is 0 Å². The molecule has 21 heavy (non-hydrogen) atoms. The van der Waals surface area contributed by atoms with E-state index in [1.54, 1.807) is 11.9 Å². The van der Waals surface area contributed by atoms with Gasteiger partial charge in [0.05, 0.1) is 5.69 Å². The minimum absolute atomic E-state index is 0.0841. The van der Waals surface area contributed by atoms with E-state index in [9.17, 15) is 4.79 Å². The monoisotopic (exact) mass is 300 g/mol. The zero-order chi connectivity index (χ0) is 15.1. The van der Waals surface area contributed by atoms with Gasteiger partial charge in [0.1, 0.15) is 0 Å². The van der Waals surface area contributed by atoms with Crippen molar-refractivity contribution in [1.29, 1.82) is 5.26 Å². The van der Waals surface area contributed by atoms with Crippen LogP contribution in [0.5, 0.6) is 0 Å². The molecule has 0 aliphatic heterocycles. The molecule has 0 fully saturated rings. The lowest BCUT2D eigenvalue weighted by molar-refractivity contribution is 0.0793. The molecular formula is C15H16N4OS. The van der Waals surface area contributed by atoms with Crippen molar-refractivity contribution in [1.82, 2.24) is 15.2 Å². The minimum Gasteiger partial charge on any atom is -0.340 e. The number of nitrogens with zero attached hydrogens (tertiary/aromatic N) is 3. The van der Waals surface area contributed by atoms with Crippen LogP contribution in [0.1, 0.15) is 16.2 Å².